The number of amides is 1. The first-order valence-electron chi connectivity index (χ1n) is 9.51. The number of hydrogen-bond donors (Lipinski definition) is 0. The first kappa shape index (κ1) is 22.2. The normalized spacial score (nSPS) is 11.9. The number of ether oxygens (including phenoxy) is 1. The maximum atomic E-state index is 12.4. The third-order valence-electron chi connectivity index (χ3n) is 4.44. The van der Waals surface area contributed by atoms with Gasteiger partial charge in [0.1, 0.15) is 0 Å². The number of hydrogen-bond acceptors (Lipinski definition) is 6. The summed E-state index contributed by atoms with van der Waals surface area (Å²) < 4.78 is 7.77. The van der Waals surface area contributed by atoms with Gasteiger partial charge in [-0.2, -0.15) is 4.99 Å². The van der Waals surface area contributed by atoms with Crippen LogP contribution in [-0.4, -0.2) is 34.9 Å². The molecule has 0 aliphatic heterocycles. The SMILES string of the molecule is COCCn1c(=NC(=O)CCCSc2ccc(C)cc2)sc2cc([N+](=O)[O-])ccc21. The Morgan fingerprint density at radius 2 is 2.03 bits per heavy atom. The van der Waals surface area contributed by atoms with Gasteiger partial charge in [0, 0.05) is 37.1 Å². The van der Waals surface area contributed by atoms with Crippen molar-refractivity contribution in [3.05, 3.63) is 62.9 Å². The van der Waals surface area contributed by atoms with Crippen LogP contribution in [-0.2, 0) is 16.1 Å². The van der Waals surface area contributed by atoms with Crippen molar-refractivity contribution in [1.82, 2.24) is 4.57 Å². The number of thiazole rings is 1. The predicted octanol–water partition coefficient (Wildman–Crippen LogP) is 4.57. The lowest BCUT2D eigenvalue weighted by molar-refractivity contribution is -0.384. The number of fused-ring (bicyclic) bond motifs is 1. The maximum Gasteiger partial charge on any atom is 0.270 e. The van der Waals surface area contributed by atoms with Crippen molar-refractivity contribution >= 4 is 44.9 Å². The number of aromatic nitrogens is 1. The summed E-state index contributed by atoms with van der Waals surface area (Å²) in [5.74, 6) is 0.652. The summed E-state index contributed by atoms with van der Waals surface area (Å²) in [6, 6.07) is 13.0. The molecule has 1 heterocycles. The van der Waals surface area contributed by atoms with Gasteiger partial charge in [0.15, 0.2) is 4.80 Å². The molecule has 7 nitrogen and oxygen atoms in total. The average molecular weight is 446 g/mol. The summed E-state index contributed by atoms with van der Waals surface area (Å²) in [6.45, 7) is 3.03. The van der Waals surface area contributed by atoms with Gasteiger partial charge in [0.25, 0.3) is 5.69 Å². The van der Waals surface area contributed by atoms with Crippen LogP contribution in [0.2, 0.25) is 0 Å². The number of rotatable bonds is 9. The fourth-order valence-corrected chi connectivity index (χ4v) is 4.83. The Kier molecular flexibility index (Phi) is 7.78. The molecule has 0 N–H and O–H groups in total. The summed E-state index contributed by atoms with van der Waals surface area (Å²) in [7, 11) is 1.60. The fraction of sp³-hybridized carbons (Fsp3) is 0.333. The molecule has 0 bridgehead atoms. The number of non-ortho nitro benzene ring substituents is 1. The molecule has 1 amide bonds. The van der Waals surface area contributed by atoms with E-state index in [1.165, 1.54) is 33.9 Å². The molecule has 0 aliphatic rings. The van der Waals surface area contributed by atoms with Crippen LogP contribution in [0.1, 0.15) is 18.4 Å². The highest BCUT2D eigenvalue weighted by Crippen LogP contribution is 2.23. The van der Waals surface area contributed by atoms with Crippen molar-refractivity contribution in [2.75, 3.05) is 19.5 Å². The van der Waals surface area contributed by atoms with Gasteiger partial charge in [0.2, 0.25) is 5.91 Å². The van der Waals surface area contributed by atoms with Gasteiger partial charge in [-0.05, 0) is 37.3 Å². The molecule has 158 valence electrons. The van der Waals surface area contributed by atoms with Gasteiger partial charge in [-0.25, -0.2) is 0 Å². The molecule has 0 unspecified atom stereocenters. The van der Waals surface area contributed by atoms with Crippen LogP contribution in [0.25, 0.3) is 10.2 Å². The molecule has 30 heavy (non-hydrogen) atoms. The van der Waals surface area contributed by atoms with Crippen LogP contribution in [0.3, 0.4) is 0 Å². The number of thioether (sulfide) groups is 1. The van der Waals surface area contributed by atoms with Gasteiger partial charge in [-0.3, -0.25) is 14.9 Å². The maximum absolute atomic E-state index is 12.4. The lowest BCUT2D eigenvalue weighted by Gasteiger charge is -2.04. The zero-order valence-corrected chi connectivity index (χ0v) is 18.5. The molecule has 2 aromatic carbocycles. The quantitative estimate of drug-likeness (QED) is 0.208. The monoisotopic (exact) mass is 445 g/mol. The van der Waals surface area contributed by atoms with Crippen molar-refractivity contribution < 1.29 is 14.5 Å². The average Bonchev–Trinajstić information content (AvgIpc) is 3.06. The first-order chi connectivity index (χ1) is 14.5. The molecule has 1 aromatic heterocycles. The number of carbonyl (C=O) groups is 1. The van der Waals surface area contributed by atoms with E-state index in [2.05, 4.69) is 36.2 Å². The van der Waals surface area contributed by atoms with Crippen molar-refractivity contribution in [1.29, 1.82) is 0 Å². The van der Waals surface area contributed by atoms with Gasteiger partial charge in [-0.15, -0.1) is 11.8 Å². The van der Waals surface area contributed by atoms with Gasteiger partial charge in [0.05, 0.1) is 21.7 Å². The van der Waals surface area contributed by atoms with Crippen LogP contribution in [0.4, 0.5) is 5.69 Å². The second-order valence-corrected chi connectivity index (χ2v) is 8.89. The Morgan fingerprint density at radius 1 is 1.27 bits per heavy atom. The minimum absolute atomic E-state index is 0.0219. The largest absolute Gasteiger partial charge is 0.383 e. The number of nitrogens with zero attached hydrogens (tertiary/aromatic N) is 3. The van der Waals surface area contributed by atoms with E-state index < -0.39 is 4.92 Å². The van der Waals surface area contributed by atoms with E-state index in [9.17, 15) is 14.9 Å². The van der Waals surface area contributed by atoms with Gasteiger partial charge >= 0.3 is 0 Å². The number of carbonyl (C=O) groups excluding carboxylic acids is 1. The number of benzene rings is 2. The lowest BCUT2D eigenvalue weighted by Crippen LogP contribution is -2.19. The highest BCUT2D eigenvalue weighted by Gasteiger charge is 2.12. The van der Waals surface area contributed by atoms with Crippen molar-refractivity contribution in [2.45, 2.75) is 31.2 Å². The van der Waals surface area contributed by atoms with E-state index >= 15 is 0 Å². The zero-order chi connectivity index (χ0) is 21.5. The minimum atomic E-state index is -0.424. The van der Waals surface area contributed by atoms with Crippen LogP contribution < -0.4 is 4.80 Å². The molecular formula is C21H23N3O4S2. The number of methoxy groups -OCH3 is 1. The van der Waals surface area contributed by atoms with Crippen LogP contribution in [0.5, 0.6) is 0 Å². The standard InChI is InChI=1S/C21H23N3O4S2/c1-15-5-8-17(9-6-15)29-13-3-4-20(25)22-21-23(11-12-28-2)18-10-7-16(24(26)27)14-19(18)30-21/h5-10,14H,3-4,11-13H2,1-2H3. The highest BCUT2D eigenvalue weighted by atomic mass is 32.2. The molecule has 0 saturated carbocycles. The Balaban J connectivity index is 1.71. The van der Waals surface area contributed by atoms with Gasteiger partial charge < -0.3 is 9.30 Å². The van der Waals surface area contributed by atoms with E-state index in [1.807, 2.05) is 4.57 Å². The van der Waals surface area contributed by atoms with Crippen LogP contribution in [0.15, 0.2) is 52.4 Å². The molecule has 0 radical (unpaired) electrons. The number of aryl methyl sites for hydroxylation is 1. The number of nitro groups is 1. The second-order valence-electron chi connectivity index (χ2n) is 6.71. The van der Waals surface area contributed by atoms with E-state index in [4.69, 9.17) is 4.74 Å². The van der Waals surface area contributed by atoms with Crippen LogP contribution >= 0.6 is 23.1 Å². The lowest BCUT2D eigenvalue weighted by atomic mass is 10.2. The van der Waals surface area contributed by atoms with Crippen molar-refractivity contribution in [2.24, 2.45) is 4.99 Å². The molecule has 0 aliphatic carbocycles. The van der Waals surface area contributed by atoms with E-state index in [0.29, 0.717) is 24.4 Å². The van der Waals surface area contributed by atoms with E-state index in [-0.39, 0.29) is 11.6 Å². The van der Waals surface area contributed by atoms with Gasteiger partial charge in [-0.1, -0.05) is 29.0 Å². The second kappa shape index (κ2) is 10.5. The highest BCUT2D eigenvalue weighted by molar-refractivity contribution is 7.99. The van der Waals surface area contributed by atoms with Crippen molar-refractivity contribution in [3.63, 3.8) is 0 Å². The van der Waals surface area contributed by atoms with Crippen LogP contribution in [0, 0.1) is 17.0 Å². The Bertz CT molecular complexity index is 1100. The minimum Gasteiger partial charge on any atom is -0.383 e. The summed E-state index contributed by atoms with van der Waals surface area (Å²) in [5.41, 5.74) is 2.06. The third kappa shape index (κ3) is 5.78. The van der Waals surface area contributed by atoms with Crippen molar-refractivity contribution in [3.8, 4) is 0 Å². The number of nitro benzene ring substituents is 1. The molecule has 9 heteroatoms. The molecule has 0 spiro atoms. The fourth-order valence-electron chi connectivity index (χ4n) is 2.87. The Hall–Kier alpha value is -2.49. The summed E-state index contributed by atoms with van der Waals surface area (Å²) in [6.07, 6.45) is 1.09. The first-order valence-corrected chi connectivity index (χ1v) is 11.3. The summed E-state index contributed by atoms with van der Waals surface area (Å²) >= 11 is 3.00. The van der Waals surface area contributed by atoms with E-state index in [0.717, 1.165) is 22.4 Å². The molecule has 0 atom stereocenters. The smallest absolute Gasteiger partial charge is 0.270 e. The molecule has 3 aromatic rings. The third-order valence-corrected chi connectivity index (χ3v) is 6.58. The Morgan fingerprint density at radius 3 is 2.73 bits per heavy atom. The topological polar surface area (TPSA) is 86.7 Å². The van der Waals surface area contributed by atoms with E-state index in [1.54, 1.807) is 24.9 Å². The predicted molar refractivity (Wildman–Crippen MR) is 120 cm³/mol. The molecule has 3 rings (SSSR count). The summed E-state index contributed by atoms with van der Waals surface area (Å²) in [5, 5.41) is 11.1. The zero-order valence-electron chi connectivity index (χ0n) is 16.9. The molecular weight excluding hydrogens is 422 g/mol. The Labute approximate surface area is 182 Å². The summed E-state index contributed by atoms with van der Waals surface area (Å²) in [4.78, 5) is 29.1. The molecule has 0 saturated heterocycles. The molecule has 0 fully saturated rings.